The van der Waals surface area contributed by atoms with Crippen molar-refractivity contribution >= 4 is 21.6 Å². The molecule has 4 heteroatoms. The van der Waals surface area contributed by atoms with Crippen LogP contribution in [0.4, 0.5) is 5.69 Å². The maximum atomic E-state index is 5.35. The first kappa shape index (κ1) is 13.3. The van der Waals surface area contributed by atoms with Gasteiger partial charge in [0.05, 0.1) is 12.8 Å². The molecule has 3 rings (SSSR count). The minimum absolute atomic E-state index is 0.265. The molecule has 0 spiro atoms. The van der Waals surface area contributed by atoms with Crippen LogP contribution in [0.2, 0.25) is 0 Å². The van der Waals surface area contributed by atoms with Gasteiger partial charge in [0.1, 0.15) is 5.75 Å². The summed E-state index contributed by atoms with van der Waals surface area (Å²) in [7, 11) is 1.72. The Hall–Kier alpha value is -0.740. The lowest BCUT2D eigenvalue weighted by atomic mass is 9.92. The highest BCUT2D eigenvalue weighted by atomic mass is 79.9. The van der Waals surface area contributed by atoms with Crippen LogP contribution in [0.3, 0.4) is 0 Å². The fourth-order valence-electron chi connectivity index (χ4n) is 3.07. The molecule has 1 heterocycles. The molecule has 1 aromatic rings. The van der Waals surface area contributed by atoms with Crippen molar-refractivity contribution in [2.75, 3.05) is 31.6 Å². The summed E-state index contributed by atoms with van der Waals surface area (Å²) < 4.78 is 6.50. The van der Waals surface area contributed by atoms with Crippen LogP contribution in [0, 0.1) is 5.92 Å². The van der Waals surface area contributed by atoms with Gasteiger partial charge in [0, 0.05) is 35.7 Å². The van der Waals surface area contributed by atoms with E-state index in [0.717, 1.165) is 35.8 Å². The first-order chi connectivity index (χ1) is 9.12. The SMILES string of the molecule is COc1ccc(Br)c(N2CCNC(C)(C3CC3)C2)c1. The third-order valence-corrected chi connectivity index (χ3v) is 5.07. The van der Waals surface area contributed by atoms with E-state index in [1.54, 1.807) is 7.11 Å². The molecule has 19 heavy (non-hydrogen) atoms. The number of rotatable bonds is 3. The monoisotopic (exact) mass is 324 g/mol. The lowest BCUT2D eigenvalue weighted by Crippen LogP contribution is -2.60. The first-order valence-electron chi connectivity index (χ1n) is 6.96. The van der Waals surface area contributed by atoms with Crippen LogP contribution in [0.25, 0.3) is 0 Å². The molecule has 104 valence electrons. The Kier molecular flexibility index (Phi) is 3.48. The van der Waals surface area contributed by atoms with E-state index in [1.165, 1.54) is 18.5 Å². The third-order valence-electron chi connectivity index (χ3n) is 4.40. The summed E-state index contributed by atoms with van der Waals surface area (Å²) in [4.78, 5) is 2.47. The fraction of sp³-hybridized carbons (Fsp3) is 0.600. The third kappa shape index (κ3) is 2.61. The van der Waals surface area contributed by atoms with E-state index in [9.17, 15) is 0 Å². The molecule has 0 aromatic heterocycles. The Bertz CT molecular complexity index is 475. The number of piperazine rings is 1. The highest BCUT2D eigenvalue weighted by molar-refractivity contribution is 9.10. The number of hydrogen-bond donors (Lipinski definition) is 1. The smallest absolute Gasteiger partial charge is 0.121 e. The maximum Gasteiger partial charge on any atom is 0.121 e. The van der Waals surface area contributed by atoms with E-state index >= 15 is 0 Å². The van der Waals surface area contributed by atoms with Crippen molar-refractivity contribution in [1.82, 2.24) is 5.32 Å². The van der Waals surface area contributed by atoms with Crippen molar-refractivity contribution < 1.29 is 4.74 Å². The predicted octanol–water partition coefficient (Wildman–Crippen LogP) is 3.04. The number of anilines is 1. The molecule has 0 bridgehead atoms. The molecule has 2 aliphatic rings. The number of ether oxygens (including phenoxy) is 1. The summed E-state index contributed by atoms with van der Waals surface area (Å²) in [5.74, 6) is 1.77. The van der Waals surface area contributed by atoms with Gasteiger partial charge in [-0.15, -0.1) is 0 Å². The van der Waals surface area contributed by atoms with Crippen LogP contribution in [0.1, 0.15) is 19.8 Å². The molecule has 1 aromatic carbocycles. The zero-order valence-electron chi connectivity index (χ0n) is 11.6. The second-order valence-electron chi connectivity index (χ2n) is 5.86. The summed E-state index contributed by atoms with van der Waals surface area (Å²) in [5, 5.41) is 3.72. The largest absolute Gasteiger partial charge is 0.497 e. The van der Waals surface area contributed by atoms with Crippen molar-refractivity contribution in [3.8, 4) is 5.75 Å². The number of nitrogens with zero attached hydrogens (tertiary/aromatic N) is 1. The number of methoxy groups -OCH3 is 1. The zero-order chi connectivity index (χ0) is 13.5. The zero-order valence-corrected chi connectivity index (χ0v) is 13.2. The van der Waals surface area contributed by atoms with Gasteiger partial charge in [-0.05, 0) is 53.7 Å². The van der Waals surface area contributed by atoms with Crippen molar-refractivity contribution in [1.29, 1.82) is 0 Å². The maximum absolute atomic E-state index is 5.35. The Morgan fingerprint density at radius 3 is 2.89 bits per heavy atom. The average molecular weight is 325 g/mol. The number of nitrogens with one attached hydrogen (secondary N) is 1. The van der Waals surface area contributed by atoms with E-state index in [-0.39, 0.29) is 5.54 Å². The number of hydrogen-bond acceptors (Lipinski definition) is 3. The molecule has 1 aliphatic heterocycles. The van der Waals surface area contributed by atoms with Gasteiger partial charge in [0.2, 0.25) is 0 Å². The first-order valence-corrected chi connectivity index (χ1v) is 7.75. The molecule has 1 saturated carbocycles. The molecule has 3 nitrogen and oxygen atoms in total. The second-order valence-corrected chi connectivity index (χ2v) is 6.71. The topological polar surface area (TPSA) is 24.5 Å². The van der Waals surface area contributed by atoms with Gasteiger partial charge in [0.15, 0.2) is 0 Å². The molecular weight excluding hydrogens is 304 g/mol. The Balaban J connectivity index is 1.84. The van der Waals surface area contributed by atoms with E-state index < -0.39 is 0 Å². The summed E-state index contributed by atoms with van der Waals surface area (Å²) in [6, 6.07) is 6.20. The van der Waals surface area contributed by atoms with Crippen molar-refractivity contribution in [3.63, 3.8) is 0 Å². The van der Waals surface area contributed by atoms with Gasteiger partial charge in [0.25, 0.3) is 0 Å². The van der Waals surface area contributed by atoms with Gasteiger partial charge in [-0.2, -0.15) is 0 Å². The highest BCUT2D eigenvalue weighted by Gasteiger charge is 2.44. The van der Waals surface area contributed by atoms with Gasteiger partial charge in [-0.3, -0.25) is 0 Å². The van der Waals surface area contributed by atoms with Crippen LogP contribution >= 0.6 is 15.9 Å². The summed E-state index contributed by atoms with van der Waals surface area (Å²) in [5.41, 5.74) is 1.51. The van der Waals surface area contributed by atoms with Gasteiger partial charge >= 0.3 is 0 Å². The average Bonchev–Trinajstić information content (AvgIpc) is 3.24. The molecule has 0 amide bonds. The second kappa shape index (κ2) is 4.98. The Morgan fingerprint density at radius 2 is 2.21 bits per heavy atom. The molecule has 1 N–H and O–H groups in total. The van der Waals surface area contributed by atoms with Crippen molar-refractivity contribution in [2.24, 2.45) is 5.92 Å². The van der Waals surface area contributed by atoms with Crippen LogP contribution in [-0.4, -0.2) is 32.3 Å². The van der Waals surface area contributed by atoms with Gasteiger partial charge in [-0.25, -0.2) is 0 Å². The number of halogens is 1. The van der Waals surface area contributed by atoms with Gasteiger partial charge < -0.3 is 15.0 Å². The summed E-state index contributed by atoms with van der Waals surface area (Å²) >= 11 is 3.67. The van der Waals surface area contributed by atoms with Crippen LogP contribution < -0.4 is 15.0 Å². The summed E-state index contributed by atoms with van der Waals surface area (Å²) in [6.45, 7) is 5.54. The summed E-state index contributed by atoms with van der Waals surface area (Å²) in [6.07, 6.45) is 2.74. The highest BCUT2D eigenvalue weighted by Crippen LogP contribution is 2.42. The standard InChI is InChI=1S/C15H21BrN2O/c1-15(11-3-4-11)10-18(8-7-17-15)14-9-12(19-2)5-6-13(14)16/h5-6,9,11,17H,3-4,7-8,10H2,1-2H3. The van der Waals surface area contributed by atoms with E-state index in [1.807, 2.05) is 6.07 Å². The van der Waals surface area contributed by atoms with Crippen LogP contribution in [0.15, 0.2) is 22.7 Å². The quantitative estimate of drug-likeness (QED) is 0.924. The lowest BCUT2D eigenvalue weighted by Gasteiger charge is -2.43. The minimum Gasteiger partial charge on any atom is -0.497 e. The normalized spacial score (nSPS) is 27.4. The Morgan fingerprint density at radius 1 is 1.42 bits per heavy atom. The molecule has 0 radical (unpaired) electrons. The number of benzene rings is 1. The van der Waals surface area contributed by atoms with E-state index in [2.05, 4.69) is 45.2 Å². The minimum atomic E-state index is 0.265. The fourth-order valence-corrected chi connectivity index (χ4v) is 3.57. The lowest BCUT2D eigenvalue weighted by molar-refractivity contribution is 0.285. The van der Waals surface area contributed by atoms with Crippen molar-refractivity contribution in [3.05, 3.63) is 22.7 Å². The molecule has 1 saturated heterocycles. The Labute approximate surface area is 123 Å². The van der Waals surface area contributed by atoms with E-state index in [4.69, 9.17) is 4.74 Å². The van der Waals surface area contributed by atoms with Crippen LogP contribution in [0.5, 0.6) is 5.75 Å². The van der Waals surface area contributed by atoms with Crippen molar-refractivity contribution in [2.45, 2.75) is 25.3 Å². The molecular formula is C15H21BrN2O. The van der Waals surface area contributed by atoms with E-state index in [0.29, 0.717) is 0 Å². The van der Waals surface area contributed by atoms with Gasteiger partial charge in [-0.1, -0.05) is 0 Å². The predicted molar refractivity (Wildman–Crippen MR) is 82.0 cm³/mol. The molecule has 2 fully saturated rings. The molecule has 1 aliphatic carbocycles. The molecule has 1 atom stereocenters. The van der Waals surface area contributed by atoms with Crippen LogP contribution in [-0.2, 0) is 0 Å². The molecule has 1 unspecified atom stereocenters.